The van der Waals surface area contributed by atoms with Crippen LogP contribution in [0.1, 0.15) is 42.7 Å². The molecule has 3 aromatic rings. The van der Waals surface area contributed by atoms with Crippen molar-refractivity contribution in [3.05, 3.63) is 63.8 Å². The van der Waals surface area contributed by atoms with Gasteiger partial charge in [-0.3, -0.25) is 9.59 Å². The van der Waals surface area contributed by atoms with Gasteiger partial charge in [0.1, 0.15) is 5.76 Å². The molecule has 1 N–H and O–H groups in total. The lowest BCUT2D eigenvalue weighted by molar-refractivity contribution is -0.143. The Morgan fingerprint density at radius 3 is 2.89 bits per heavy atom. The average Bonchev–Trinajstić information content (AvgIpc) is 3.40. The predicted octanol–water partition coefficient (Wildman–Crippen LogP) is 3.28. The minimum atomic E-state index is -0.311. The van der Waals surface area contributed by atoms with E-state index < -0.39 is 0 Å². The molecular weight excluding hydrogens is 466 g/mol. The van der Waals surface area contributed by atoms with E-state index in [-0.39, 0.29) is 30.7 Å². The fourth-order valence-corrected chi connectivity index (χ4v) is 4.36. The molecule has 0 radical (unpaired) electrons. The van der Waals surface area contributed by atoms with Crippen LogP contribution in [0.15, 0.2) is 45.7 Å². The van der Waals surface area contributed by atoms with Gasteiger partial charge in [0.25, 0.3) is 5.56 Å². The molecular formula is C26H29N3O7. The van der Waals surface area contributed by atoms with Crippen LogP contribution in [0.2, 0.25) is 0 Å². The van der Waals surface area contributed by atoms with Crippen LogP contribution >= 0.6 is 0 Å². The fraction of sp³-hybridized carbons (Fsp3) is 0.423. The Morgan fingerprint density at radius 2 is 2.00 bits per heavy atom. The molecule has 0 aliphatic carbocycles. The zero-order valence-corrected chi connectivity index (χ0v) is 20.2. The van der Waals surface area contributed by atoms with Crippen molar-refractivity contribution in [2.45, 2.75) is 45.1 Å². The highest BCUT2D eigenvalue weighted by molar-refractivity contribution is 5.70. The van der Waals surface area contributed by atoms with Gasteiger partial charge in [-0.1, -0.05) is 6.07 Å². The molecule has 0 fully saturated rings. The number of hydrogen-bond acceptors (Lipinski definition) is 9. The summed E-state index contributed by atoms with van der Waals surface area (Å²) >= 11 is 0. The number of nitrogens with one attached hydrogen (secondary N) is 1. The van der Waals surface area contributed by atoms with Crippen LogP contribution in [-0.2, 0) is 28.9 Å². The van der Waals surface area contributed by atoms with E-state index in [2.05, 4.69) is 10.3 Å². The molecule has 1 atom stereocenters. The van der Waals surface area contributed by atoms with Gasteiger partial charge in [-0.25, -0.2) is 4.98 Å². The predicted molar refractivity (Wildman–Crippen MR) is 130 cm³/mol. The molecule has 0 bridgehead atoms. The van der Waals surface area contributed by atoms with E-state index in [1.165, 1.54) is 10.8 Å². The van der Waals surface area contributed by atoms with Crippen molar-refractivity contribution in [1.82, 2.24) is 9.72 Å². The standard InChI is InChI=1S/C26H29N3O7/c1-2-32-25(31)14-18(17-4-6-21-23(13-17)35-16-34-21)12-20-15-24(30)29(36-20)10-8-19-5-7-22-26(28-19)27-9-3-11-33-22/h4-7,13,15,18H,2-3,8-12,14,16H2,1H3,(H,27,28). The van der Waals surface area contributed by atoms with E-state index in [0.29, 0.717) is 49.9 Å². The first-order valence-corrected chi connectivity index (χ1v) is 12.2. The fourth-order valence-electron chi connectivity index (χ4n) is 4.36. The van der Waals surface area contributed by atoms with Gasteiger partial charge in [0.15, 0.2) is 23.1 Å². The lowest BCUT2D eigenvalue weighted by Crippen LogP contribution is -2.15. The Morgan fingerprint density at radius 1 is 1.14 bits per heavy atom. The molecule has 2 aromatic heterocycles. The number of pyridine rings is 1. The molecule has 0 spiro atoms. The number of aromatic nitrogens is 2. The van der Waals surface area contributed by atoms with Crippen molar-refractivity contribution in [2.75, 3.05) is 31.9 Å². The van der Waals surface area contributed by atoms with E-state index in [9.17, 15) is 9.59 Å². The normalized spacial score (nSPS) is 14.8. The molecule has 2 aliphatic rings. The third-order valence-corrected chi connectivity index (χ3v) is 6.15. The summed E-state index contributed by atoms with van der Waals surface area (Å²) < 4.78 is 29.0. The van der Waals surface area contributed by atoms with Crippen LogP contribution in [-0.4, -0.2) is 42.2 Å². The van der Waals surface area contributed by atoms with Crippen molar-refractivity contribution in [1.29, 1.82) is 0 Å². The topological polar surface area (TPSA) is 114 Å². The molecule has 5 rings (SSSR count). The lowest BCUT2D eigenvalue weighted by Gasteiger charge is -2.16. The smallest absolute Gasteiger partial charge is 0.306 e. The second-order valence-corrected chi connectivity index (χ2v) is 8.69. The summed E-state index contributed by atoms with van der Waals surface area (Å²) in [4.78, 5) is 29.6. The maximum absolute atomic E-state index is 12.6. The second-order valence-electron chi connectivity index (χ2n) is 8.69. The Hall–Kier alpha value is -3.95. The SMILES string of the molecule is CCOC(=O)CC(Cc1cc(=O)n(CCc2ccc3c(n2)NCCCO3)o1)c1ccc2c(c1)OCO2. The van der Waals surface area contributed by atoms with Crippen molar-refractivity contribution < 1.29 is 28.3 Å². The van der Waals surface area contributed by atoms with E-state index in [1.54, 1.807) is 6.92 Å². The number of anilines is 1. The van der Waals surface area contributed by atoms with Gasteiger partial charge < -0.3 is 28.8 Å². The van der Waals surface area contributed by atoms with E-state index in [1.807, 2.05) is 30.3 Å². The molecule has 1 aromatic carbocycles. The molecule has 1 unspecified atom stereocenters. The number of ether oxygens (including phenoxy) is 4. The van der Waals surface area contributed by atoms with Gasteiger partial charge >= 0.3 is 5.97 Å². The van der Waals surface area contributed by atoms with Crippen molar-refractivity contribution in [3.8, 4) is 17.2 Å². The molecule has 190 valence electrons. The summed E-state index contributed by atoms with van der Waals surface area (Å²) in [6.45, 7) is 4.06. The number of aryl methyl sites for hydroxylation is 2. The first-order chi connectivity index (χ1) is 17.6. The van der Waals surface area contributed by atoms with Gasteiger partial charge in [0.05, 0.1) is 26.2 Å². The van der Waals surface area contributed by atoms with Crippen LogP contribution in [0.25, 0.3) is 0 Å². The van der Waals surface area contributed by atoms with Crippen molar-refractivity contribution >= 4 is 11.8 Å². The van der Waals surface area contributed by atoms with Gasteiger partial charge in [0.2, 0.25) is 6.79 Å². The van der Waals surface area contributed by atoms with E-state index >= 15 is 0 Å². The van der Waals surface area contributed by atoms with Crippen LogP contribution in [0, 0.1) is 0 Å². The number of fused-ring (bicyclic) bond motifs is 2. The number of carbonyl (C=O) groups is 1. The van der Waals surface area contributed by atoms with Gasteiger partial charge in [0, 0.05) is 37.1 Å². The molecule has 0 saturated carbocycles. The third kappa shape index (κ3) is 5.48. The number of esters is 1. The summed E-state index contributed by atoms with van der Waals surface area (Å²) in [5.74, 6) is 2.70. The number of nitrogens with zero attached hydrogens (tertiary/aromatic N) is 2. The molecule has 36 heavy (non-hydrogen) atoms. The molecule has 4 heterocycles. The first-order valence-electron chi connectivity index (χ1n) is 12.2. The monoisotopic (exact) mass is 495 g/mol. The Balaban J connectivity index is 1.29. The molecule has 2 aliphatic heterocycles. The molecule has 10 nitrogen and oxygen atoms in total. The molecule has 0 amide bonds. The first kappa shape index (κ1) is 23.8. The summed E-state index contributed by atoms with van der Waals surface area (Å²) in [5, 5.41) is 3.27. The largest absolute Gasteiger partial charge is 0.490 e. The number of rotatable bonds is 9. The minimum Gasteiger partial charge on any atom is -0.490 e. The van der Waals surface area contributed by atoms with Gasteiger partial charge in [-0.05, 0) is 43.2 Å². The number of hydrogen-bond donors (Lipinski definition) is 1. The Kier molecular flexibility index (Phi) is 7.11. The third-order valence-electron chi connectivity index (χ3n) is 6.15. The minimum absolute atomic E-state index is 0.149. The van der Waals surface area contributed by atoms with E-state index in [0.717, 1.165) is 35.8 Å². The highest BCUT2D eigenvalue weighted by Gasteiger charge is 2.23. The van der Waals surface area contributed by atoms with Crippen LogP contribution in [0.5, 0.6) is 17.2 Å². The van der Waals surface area contributed by atoms with Crippen molar-refractivity contribution in [3.63, 3.8) is 0 Å². The maximum Gasteiger partial charge on any atom is 0.306 e. The Bertz CT molecular complexity index is 1280. The highest BCUT2D eigenvalue weighted by Crippen LogP contribution is 2.36. The average molecular weight is 496 g/mol. The zero-order chi connectivity index (χ0) is 24.9. The second kappa shape index (κ2) is 10.8. The van der Waals surface area contributed by atoms with E-state index in [4.69, 9.17) is 23.5 Å². The maximum atomic E-state index is 12.6. The summed E-state index contributed by atoms with van der Waals surface area (Å²) in [5.41, 5.74) is 1.48. The number of benzene rings is 1. The Labute approximate surface area is 208 Å². The summed E-state index contributed by atoms with van der Waals surface area (Å²) in [7, 11) is 0. The summed E-state index contributed by atoms with van der Waals surface area (Å²) in [6, 6.07) is 10.9. The van der Waals surface area contributed by atoms with Crippen molar-refractivity contribution in [2.24, 2.45) is 0 Å². The quantitative estimate of drug-likeness (QED) is 0.447. The molecule has 0 saturated heterocycles. The zero-order valence-electron chi connectivity index (χ0n) is 20.2. The van der Waals surface area contributed by atoms with Gasteiger partial charge in [-0.15, -0.1) is 0 Å². The molecule has 10 heteroatoms. The number of carbonyl (C=O) groups excluding carboxylic acids is 1. The van der Waals surface area contributed by atoms with Crippen LogP contribution in [0.3, 0.4) is 0 Å². The lowest BCUT2D eigenvalue weighted by atomic mass is 9.91. The van der Waals surface area contributed by atoms with Crippen LogP contribution < -0.4 is 25.1 Å². The summed E-state index contributed by atoms with van der Waals surface area (Å²) in [6.07, 6.45) is 1.95. The highest BCUT2D eigenvalue weighted by atomic mass is 16.7. The van der Waals surface area contributed by atoms with Crippen LogP contribution in [0.4, 0.5) is 5.82 Å². The van der Waals surface area contributed by atoms with Gasteiger partial charge in [-0.2, -0.15) is 4.74 Å².